The van der Waals surface area contributed by atoms with E-state index in [-0.39, 0.29) is 5.54 Å². The molecule has 2 N–H and O–H groups in total. The lowest BCUT2D eigenvalue weighted by atomic mass is 9.97. The number of unbranched alkanes of at least 4 members (excludes halogenated alkanes) is 1. The molecule has 0 aromatic rings. The Hall–Kier alpha value is 0.270. The molecule has 0 aliphatic heterocycles. The van der Waals surface area contributed by atoms with Gasteiger partial charge >= 0.3 is 0 Å². The van der Waals surface area contributed by atoms with E-state index in [1.807, 2.05) is 11.8 Å². The molecular formula is C12H25NOS. The predicted octanol–water partition coefficient (Wildman–Crippen LogP) is 2.27. The second-order valence-electron chi connectivity index (χ2n) is 4.52. The molecule has 0 aromatic carbocycles. The molecule has 15 heavy (non-hydrogen) atoms. The van der Waals surface area contributed by atoms with Crippen LogP contribution in [0.25, 0.3) is 0 Å². The van der Waals surface area contributed by atoms with Gasteiger partial charge in [-0.15, -0.1) is 0 Å². The van der Waals surface area contributed by atoms with Crippen LogP contribution in [0.5, 0.6) is 0 Å². The van der Waals surface area contributed by atoms with Crippen molar-refractivity contribution in [3.8, 4) is 0 Å². The third-order valence-electron chi connectivity index (χ3n) is 3.17. The fourth-order valence-corrected chi connectivity index (χ4v) is 3.46. The number of aliphatic hydroxyl groups excluding tert-OH is 1. The fraction of sp³-hybridized carbons (Fsp3) is 1.00. The van der Waals surface area contributed by atoms with Crippen molar-refractivity contribution >= 4 is 11.8 Å². The number of hydrogen-bond donors (Lipinski definition) is 2. The van der Waals surface area contributed by atoms with Gasteiger partial charge in [0.25, 0.3) is 0 Å². The number of hydrogen-bond acceptors (Lipinski definition) is 3. The zero-order valence-corrected chi connectivity index (χ0v) is 10.9. The SMILES string of the molecule is CCCCSCC(CO)(NCC)C1CC1. The van der Waals surface area contributed by atoms with E-state index in [2.05, 4.69) is 19.2 Å². The van der Waals surface area contributed by atoms with Gasteiger partial charge in [0.1, 0.15) is 0 Å². The number of rotatable bonds is 9. The summed E-state index contributed by atoms with van der Waals surface area (Å²) in [7, 11) is 0. The minimum absolute atomic E-state index is 0.0210. The number of aliphatic hydroxyl groups is 1. The molecule has 0 amide bonds. The highest BCUT2D eigenvalue weighted by Gasteiger charge is 2.43. The van der Waals surface area contributed by atoms with Gasteiger partial charge in [0.15, 0.2) is 0 Å². The fourth-order valence-electron chi connectivity index (χ4n) is 2.03. The Bertz CT molecular complexity index is 173. The lowest BCUT2D eigenvalue weighted by molar-refractivity contribution is 0.161. The zero-order valence-electron chi connectivity index (χ0n) is 10.1. The van der Waals surface area contributed by atoms with Gasteiger partial charge < -0.3 is 10.4 Å². The molecule has 0 bridgehead atoms. The lowest BCUT2D eigenvalue weighted by Gasteiger charge is -2.33. The van der Waals surface area contributed by atoms with Crippen molar-refractivity contribution in [1.82, 2.24) is 5.32 Å². The van der Waals surface area contributed by atoms with Crippen molar-refractivity contribution in [2.45, 2.75) is 45.1 Å². The van der Waals surface area contributed by atoms with E-state index in [0.29, 0.717) is 6.61 Å². The van der Waals surface area contributed by atoms with E-state index in [4.69, 9.17) is 0 Å². The van der Waals surface area contributed by atoms with Crippen LogP contribution in [0.3, 0.4) is 0 Å². The molecule has 1 aliphatic rings. The van der Waals surface area contributed by atoms with Crippen LogP contribution in [-0.4, -0.2) is 35.3 Å². The van der Waals surface area contributed by atoms with E-state index in [9.17, 15) is 5.11 Å². The van der Waals surface area contributed by atoms with Crippen LogP contribution in [0.2, 0.25) is 0 Å². The van der Waals surface area contributed by atoms with E-state index in [1.54, 1.807) is 0 Å². The summed E-state index contributed by atoms with van der Waals surface area (Å²) in [5, 5.41) is 13.1. The maximum absolute atomic E-state index is 9.60. The van der Waals surface area contributed by atoms with Crippen LogP contribution in [-0.2, 0) is 0 Å². The molecule has 1 fully saturated rings. The highest BCUT2D eigenvalue weighted by atomic mass is 32.2. The zero-order chi connectivity index (χ0) is 11.1. The predicted molar refractivity (Wildman–Crippen MR) is 68.5 cm³/mol. The van der Waals surface area contributed by atoms with Crippen molar-refractivity contribution in [3.05, 3.63) is 0 Å². The van der Waals surface area contributed by atoms with Crippen LogP contribution in [0.4, 0.5) is 0 Å². The first-order valence-electron chi connectivity index (χ1n) is 6.22. The van der Waals surface area contributed by atoms with Gasteiger partial charge in [-0.1, -0.05) is 20.3 Å². The summed E-state index contributed by atoms with van der Waals surface area (Å²) < 4.78 is 0. The van der Waals surface area contributed by atoms with Crippen LogP contribution >= 0.6 is 11.8 Å². The lowest BCUT2D eigenvalue weighted by Crippen LogP contribution is -2.52. The smallest absolute Gasteiger partial charge is 0.0624 e. The van der Waals surface area contributed by atoms with E-state index < -0.39 is 0 Å². The van der Waals surface area contributed by atoms with E-state index >= 15 is 0 Å². The quantitative estimate of drug-likeness (QED) is 0.597. The molecule has 0 radical (unpaired) electrons. The molecule has 1 saturated carbocycles. The summed E-state index contributed by atoms with van der Waals surface area (Å²) in [6.07, 6.45) is 5.15. The van der Waals surface area contributed by atoms with Gasteiger partial charge in [-0.2, -0.15) is 11.8 Å². The van der Waals surface area contributed by atoms with Gasteiger partial charge in [0.2, 0.25) is 0 Å². The third-order valence-corrected chi connectivity index (χ3v) is 4.47. The first kappa shape index (κ1) is 13.3. The summed E-state index contributed by atoms with van der Waals surface area (Å²) in [6, 6.07) is 0. The first-order valence-corrected chi connectivity index (χ1v) is 7.38. The Balaban J connectivity index is 2.33. The molecule has 3 heteroatoms. The molecule has 1 aliphatic carbocycles. The maximum atomic E-state index is 9.60. The Morgan fingerprint density at radius 1 is 1.40 bits per heavy atom. The Morgan fingerprint density at radius 3 is 2.60 bits per heavy atom. The highest BCUT2D eigenvalue weighted by molar-refractivity contribution is 7.99. The molecular weight excluding hydrogens is 206 g/mol. The summed E-state index contributed by atoms with van der Waals surface area (Å²) in [5.41, 5.74) is 0.0210. The number of nitrogens with one attached hydrogen (secondary N) is 1. The maximum Gasteiger partial charge on any atom is 0.0624 e. The van der Waals surface area contributed by atoms with Crippen molar-refractivity contribution in [1.29, 1.82) is 0 Å². The van der Waals surface area contributed by atoms with E-state index in [1.165, 1.54) is 31.4 Å². The van der Waals surface area contributed by atoms with Gasteiger partial charge in [-0.3, -0.25) is 0 Å². The van der Waals surface area contributed by atoms with Gasteiger partial charge in [-0.25, -0.2) is 0 Å². The van der Waals surface area contributed by atoms with E-state index in [0.717, 1.165) is 18.2 Å². The molecule has 2 nitrogen and oxygen atoms in total. The first-order chi connectivity index (χ1) is 7.29. The van der Waals surface area contributed by atoms with Crippen molar-refractivity contribution < 1.29 is 5.11 Å². The highest BCUT2D eigenvalue weighted by Crippen LogP contribution is 2.41. The Labute approximate surface area is 98.2 Å². The van der Waals surface area contributed by atoms with Gasteiger partial charge in [0, 0.05) is 5.75 Å². The Morgan fingerprint density at radius 2 is 2.13 bits per heavy atom. The van der Waals surface area contributed by atoms with Gasteiger partial charge in [0.05, 0.1) is 12.1 Å². The van der Waals surface area contributed by atoms with Crippen LogP contribution < -0.4 is 5.32 Å². The average molecular weight is 231 g/mol. The minimum Gasteiger partial charge on any atom is -0.394 e. The molecule has 0 aromatic heterocycles. The third kappa shape index (κ3) is 3.97. The number of likely N-dealkylation sites (N-methyl/N-ethyl adjacent to an activating group) is 1. The van der Waals surface area contributed by atoms with Crippen LogP contribution in [0.15, 0.2) is 0 Å². The van der Waals surface area contributed by atoms with Crippen LogP contribution in [0.1, 0.15) is 39.5 Å². The number of thioether (sulfide) groups is 1. The summed E-state index contributed by atoms with van der Waals surface area (Å²) in [6.45, 7) is 5.62. The van der Waals surface area contributed by atoms with Gasteiger partial charge in [-0.05, 0) is 37.5 Å². The normalized spacial score (nSPS) is 20.2. The van der Waals surface area contributed by atoms with Crippen molar-refractivity contribution in [2.75, 3.05) is 24.7 Å². The van der Waals surface area contributed by atoms with Crippen molar-refractivity contribution in [3.63, 3.8) is 0 Å². The molecule has 0 spiro atoms. The summed E-state index contributed by atoms with van der Waals surface area (Å²) >= 11 is 2.00. The molecule has 0 heterocycles. The standard InChI is InChI=1S/C12H25NOS/c1-3-5-8-15-10-12(9-14,13-4-2)11-6-7-11/h11,13-14H,3-10H2,1-2H3. The molecule has 1 atom stereocenters. The second kappa shape index (κ2) is 6.77. The molecule has 1 unspecified atom stereocenters. The van der Waals surface area contributed by atoms with Crippen LogP contribution in [0, 0.1) is 5.92 Å². The summed E-state index contributed by atoms with van der Waals surface area (Å²) in [4.78, 5) is 0. The van der Waals surface area contributed by atoms with Crippen molar-refractivity contribution in [2.24, 2.45) is 5.92 Å². The monoisotopic (exact) mass is 231 g/mol. The second-order valence-corrected chi connectivity index (χ2v) is 5.63. The minimum atomic E-state index is 0.0210. The topological polar surface area (TPSA) is 32.3 Å². The molecule has 90 valence electrons. The summed E-state index contributed by atoms with van der Waals surface area (Å²) in [5.74, 6) is 3.02. The average Bonchev–Trinajstić information content (AvgIpc) is 3.07. The molecule has 0 saturated heterocycles. The Kier molecular flexibility index (Phi) is 6.02. The molecule has 1 rings (SSSR count). The largest absolute Gasteiger partial charge is 0.394 e.